The van der Waals surface area contributed by atoms with Crippen molar-refractivity contribution in [1.29, 1.82) is 0 Å². The SMILES string of the molecule is COCc1csc(CNC(=O)C(N)c2cn(C)nn2)c1. The van der Waals surface area contributed by atoms with Crippen LogP contribution in [0.2, 0.25) is 0 Å². The zero-order valence-corrected chi connectivity index (χ0v) is 12.2. The normalized spacial score (nSPS) is 12.3. The van der Waals surface area contributed by atoms with E-state index in [1.807, 2.05) is 11.4 Å². The van der Waals surface area contributed by atoms with E-state index in [4.69, 9.17) is 10.5 Å². The molecule has 2 aromatic rings. The molecule has 0 radical (unpaired) electrons. The Morgan fingerprint density at radius 3 is 3.10 bits per heavy atom. The summed E-state index contributed by atoms with van der Waals surface area (Å²) in [7, 11) is 3.38. The number of amides is 1. The molecule has 0 aliphatic carbocycles. The molecule has 0 fully saturated rings. The third-order valence-corrected chi connectivity index (χ3v) is 3.66. The van der Waals surface area contributed by atoms with Crippen LogP contribution in [0.5, 0.6) is 0 Å². The van der Waals surface area contributed by atoms with E-state index in [1.54, 1.807) is 31.7 Å². The van der Waals surface area contributed by atoms with Gasteiger partial charge in [0.15, 0.2) is 0 Å². The molecule has 3 N–H and O–H groups in total. The van der Waals surface area contributed by atoms with Crippen LogP contribution in [0.3, 0.4) is 0 Å². The molecule has 2 aromatic heterocycles. The summed E-state index contributed by atoms with van der Waals surface area (Å²) in [5.74, 6) is -0.271. The van der Waals surface area contributed by atoms with Gasteiger partial charge in [-0.05, 0) is 17.0 Å². The van der Waals surface area contributed by atoms with Crippen LogP contribution in [0, 0.1) is 0 Å². The fraction of sp³-hybridized carbons (Fsp3) is 0.417. The van der Waals surface area contributed by atoms with Gasteiger partial charge < -0.3 is 15.8 Å². The fourth-order valence-corrected chi connectivity index (χ4v) is 2.50. The Morgan fingerprint density at radius 2 is 2.45 bits per heavy atom. The van der Waals surface area contributed by atoms with Crippen molar-refractivity contribution in [1.82, 2.24) is 20.3 Å². The quantitative estimate of drug-likeness (QED) is 0.801. The van der Waals surface area contributed by atoms with Crippen LogP contribution in [0.25, 0.3) is 0 Å². The summed E-state index contributed by atoms with van der Waals surface area (Å²) in [5.41, 5.74) is 7.38. The Balaban J connectivity index is 1.87. The number of nitrogens with zero attached hydrogens (tertiary/aromatic N) is 3. The third-order valence-electron chi connectivity index (χ3n) is 2.68. The number of thiophene rings is 1. The van der Waals surface area contributed by atoms with Crippen LogP contribution >= 0.6 is 11.3 Å². The second-order valence-corrected chi connectivity index (χ2v) is 5.36. The van der Waals surface area contributed by atoms with Crippen molar-refractivity contribution in [3.05, 3.63) is 33.8 Å². The van der Waals surface area contributed by atoms with Gasteiger partial charge in [-0.15, -0.1) is 16.4 Å². The van der Waals surface area contributed by atoms with Gasteiger partial charge in [-0.2, -0.15) is 0 Å². The molecule has 0 aromatic carbocycles. The second kappa shape index (κ2) is 6.60. The summed E-state index contributed by atoms with van der Waals surface area (Å²) < 4.78 is 6.56. The van der Waals surface area contributed by atoms with Crippen LogP contribution in [-0.4, -0.2) is 28.0 Å². The summed E-state index contributed by atoms with van der Waals surface area (Å²) in [6.07, 6.45) is 1.63. The Kier molecular flexibility index (Phi) is 4.83. The molecule has 8 heteroatoms. The molecule has 2 heterocycles. The first-order valence-corrected chi connectivity index (χ1v) is 6.93. The van der Waals surface area contributed by atoms with Crippen molar-refractivity contribution in [2.45, 2.75) is 19.2 Å². The molecule has 7 nitrogen and oxygen atoms in total. The largest absolute Gasteiger partial charge is 0.380 e. The number of hydrogen-bond acceptors (Lipinski definition) is 6. The predicted molar refractivity (Wildman–Crippen MR) is 74.8 cm³/mol. The van der Waals surface area contributed by atoms with E-state index in [2.05, 4.69) is 15.6 Å². The highest BCUT2D eigenvalue weighted by Gasteiger charge is 2.18. The standard InChI is InChI=1S/C12H17N5O2S/c1-17-5-10(15-16-17)11(13)12(18)14-4-9-3-8(6-19-2)7-20-9/h3,5,7,11H,4,6,13H2,1-2H3,(H,14,18). The zero-order chi connectivity index (χ0) is 14.5. The Labute approximate surface area is 120 Å². The zero-order valence-electron chi connectivity index (χ0n) is 11.4. The lowest BCUT2D eigenvalue weighted by molar-refractivity contribution is -0.122. The van der Waals surface area contributed by atoms with Gasteiger partial charge in [0.1, 0.15) is 11.7 Å². The highest BCUT2D eigenvalue weighted by molar-refractivity contribution is 7.10. The summed E-state index contributed by atoms with van der Waals surface area (Å²) in [6.45, 7) is 1.02. The minimum atomic E-state index is -0.804. The predicted octanol–water partition coefficient (Wildman–Crippen LogP) is 0.339. The van der Waals surface area contributed by atoms with E-state index in [9.17, 15) is 4.79 Å². The number of aryl methyl sites for hydroxylation is 1. The monoisotopic (exact) mass is 295 g/mol. The number of ether oxygens (including phenoxy) is 1. The third kappa shape index (κ3) is 3.62. The van der Waals surface area contributed by atoms with Gasteiger partial charge in [0.2, 0.25) is 5.91 Å². The molecule has 0 aliphatic heterocycles. The van der Waals surface area contributed by atoms with E-state index in [0.717, 1.165) is 10.4 Å². The van der Waals surface area contributed by atoms with Crippen molar-refractivity contribution in [3.63, 3.8) is 0 Å². The average molecular weight is 295 g/mol. The number of rotatable bonds is 6. The number of nitrogens with one attached hydrogen (secondary N) is 1. The molecule has 20 heavy (non-hydrogen) atoms. The fourth-order valence-electron chi connectivity index (χ4n) is 1.69. The second-order valence-electron chi connectivity index (χ2n) is 4.37. The Bertz CT molecular complexity index is 580. The van der Waals surface area contributed by atoms with Gasteiger partial charge in [0.05, 0.1) is 19.3 Å². The Morgan fingerprint density at radius 1 is 1.65 bits per heavy atom. The van der Waals surface area contributed by atoms with Crippen molar-refractivity contribution in [2.24, 2.45) is 12.8 Å². The maximum atomic E-state index is 11.9. The average Bonchev–Trinajstić information content (AvgIpc) is 3.05. The van der Waals surface area contributed by atoms with Gasteiger partial charge in [0, 0.05) is 19.0 Å². The topological polar surface area (TPSA) is 95.1 Å². The molecule has 0 spiro atoms. The summed E-state index contributed by atoms with van der Waals surface area (Å²) in [4.78, 5) is 13.0. The van der Waals surface area contributed by atoms with Gasteiger partial charge in [-0.25, -0.2) is 0 Å². The van der Waals surface area contributed by atoms with Crippen molar-refractivity contribution >= 4 is 17.2 Å². The van der Waals surface area contributed by atoms with Gasteiger partial charge >= 0.3 is 0 Å². The molecule has 1 unspecified atom stereocenters. The highest BCUT2D eigenvalue weighted by atomic mass is 32.1. The van der Waals surface area contributed by atoms with Crippen molar-refractivity contribution in [2.75, 3.05) is 7.11 Å². The van der Waals surface area contributed by atoms with Crippen LogP contribution in [-0.2, 0) is 29.7 Å². The Hall–Kier alpha value is -1.77. The number of carbonyl (C=O) groups is 1. The lowest BCUT2D eigenvalue weighted by Crippen LogP contribution is -2.33. The molecule has 0 aliphatic rings. The maximum absolute atomic E-state index is 11.9. The number of aromatic nitrogens is 3. The van der Waals surface area contributed by atoms with Crippen LogP contribution in [0.4, 0.5) is 0 Å². The molecule has 1 atom stereocenters. The number of carbonyl (C=O) groups excluding carboxylic acids is 1. The molecule has 0 saturated heterocycles. The number of methoxy groups -OCH3 is 1. The molecular formula is C12H17N5O2S. The minimum absolute atomic E-state index is 0.271. The van der Waals surface area contributed by atoms with Crippen molar-refractivity contribution < 1.29 is 9.53 Å². The van der Waals surface area contributed by atoms with Gasteiger partial charge in [0.25, 0.3) is 0 Å². The van der Waals surface area contributed by atoms with Crippen molar-refractivity contribution in [3.8, 4) is 0 Å². The van der Waals surface area contributed by atoms with Gasteiger partial charge in [-0.3, -0.25) is 9.48 Å². The molecular weight excluding hydrogens is 278 g/mol. The smallest absolute Gasteiger partial charge is 0.243 e. The van der Waals surface area contributed by atoms with E-state index < -0.39 is 6.04 Å². The minimum Gasteiger partial charge on any atom is -0.380 e. The van der Waals surface area contributed by atoms with E-state index in [0.29, 0.717) is 18.8 Å². The lowest BCUT2D eigenvalue weighted by Gasteiger charge is -2.08. The first-order chi connectivity index (χ1) is 9.60. The first kappa shape index (κ1) is 14.6. The van der Waals surface area contributed by atoms with Crippen LogP contribution < -0.4 is 11.1 Å². The van der Waals surface area contributed by atoms with Crippen LogP contribution in [0.1, 0.15) is 22.2 Å². The summed E-state index contributed by atoms with van der Waals surface area (Å²) in [5, 5.41) is 12.4. The molecule has 1 amide bonds. The molecule has 0 bridgehead atoms. The van der Waals surface area contributed by atoms with E-state index >= 15 is 0 Å². The summed E-state index contributed by atoms with van der Waals surface area (Å²) >= 11 is 1.58. The van der Waals surface area contributed by atoms with E-state index in [1.165, 1.54) is 4.68 Å². The maximum Gasteiger partial charge on any atom is 0.243 e. The lowest BCUT2D eigenvalue weighted by atomic mass is 10.2. The van der Waals surface area contributed by atoms with Gasteiger partial charge in [-0.1, -0.05) is 5.21 Å². The number of nitrogens with two attached hydrogens (primary N) is 1. The molecule has 2 rings (SSSR count). The number of hydrogen-bond donors (Lipinski definition) is 2. The first-order valence-electron chi connectivity index (χ1n) is 6.05. The highest BCUT2D eigenvalue weighted by Crippen LogP contribution is 2.15. The van der Waals surface area contributed by atoms with E-state index in [-0.39, 0.29) is 5.91 Å². The van der Waals surface area contributed by atoms with Crippen LogP contribution in [0.15, 0.2) is 17.6 Å². The summed E-state index contributed by atoms with van der Waals surface area (Å²) in [6, 6.07) is 1.20. The molecule has 0 saturated carbocycles. The molecule has 108 valence electrons.